The van der Waals surface area contributed by atoms with E-state index >= 15 is 0 Å². The van der Waals surface area contributed by atoms with Crippen LogP contribution >= 0.6 is 11.8 Å². The molecule has 0 aliphatic carbocycles. The Kier molecular flexibility index (Phi) is 6.59. The number of hydrogen-bond donors (Lipinski definition) is 0. The first-order valence-electron chi connectivity index (χ1n) is 9.49. The minimum Gasteiger partial charge on any atom is -0.461 e. The first-order valence-corrected chi connectivity index (χ1v) is 10.3. The van der Waals surface area contributed by atoms with Gasteiger partial charge in [0.25, 0.3) is 16.8 Å². The first-order chi connectivity index (χ1) is 14.7. The number of nitrogens with zero attached hydrogens (tertiary/aromatic N) is 2. The lowest BCUT2D eigenvalue weighted by atomic mass is 10.1. The summed E-state index contributed by atoms with van der Waals surface area (Å²) in [5, 5.41) is 10.6. The van der Waals surface area contributed by atoms with Gasteiger partial charge in [0, 0.05) is 23.3 Å². The third-order valence-electron chi connectivity index (χ3n) is 4.66. The molecule has 1 saturated heterocycles. The number of carbonyl (C=O) groups is 3. The van der Waals surface area contributed by atoms with E-state index in [-0.39, 0.29) is 16.7 Å². The quantitative estimate of drug-likeness (QED) is 0.264. The minimum atomic E-state index is -0.654. The summed E-state index contributed by atoms with van der Waals surface area (Å²) in [6.45, 7) is 4.77. The molecule has 1 aliphatic rings. The maximum atomic E-state index is 12.5. The monoisotopic (exact) mass is 444 g/mol. The summed E-state index contributed by atoms with van der Waals surface area (Å²) in [4.78, 5) is 48.2. The number of hydrogen-bond acceptors (Lipinski definition) is 8. The van der Waals surface area contributed by atoms with Gasteiger partial charge < -0.3 is 9.15 Å². The topological polar surface area (TPSA) is 120 Å². The minimum absolute atomic E-state index is 0.0270. The van der Waals surface area contributed by atoms with Crippen molar-refractivity contribution in [1.82, 2.24) is 4.90 Å². The van der Waals surface area contributed by atoms with Crippen molar-refractivity contribution in [1.29, 1.82) is 0 Å². The molecule has 0 radical (unpaired) electrons. The molecule has 3 rings (SSSR count). The lowest BCUT2D eigenvalue weighted by Crippen LogP contribution is -2.35. The number of nitro benzene ring substituents is 1. The van der Waals surface area contributed by atoms with Gasteiger partial charge in [0.05, 0.1) is 15.9 Å². The van der Waals surface area contributed by atoms with Crippen molar-refractivity contribution in [3.63, 3.8) is 0 Å². The van der Waals surface area contributed by atoms with Gasteiger partial charge in [-0.2, -0.15) is 0 Å². The summed E-state index contributed by atoms with van der Waals surface area (Å²) in [5.74, 6) is -0.587. The van der Waals surface area contributed by atoms with Gasteiger partial charge in [-0.1, -0.05) is 19.1 Å². The molecule has 1 aromatic heterocycles. The third kappa shape index (κ3) is 5.02. The molecule has 0 unspecified atom stereocenters. The third-order valence-corrected chi connectivity index (χ3v) is 5.57. The van der Waals surface area contributed by atoms with Crippen LogP contribution in [0.2, 0.25) is 0 Å². The van der Waals surface area contributed by atoms with Crippen LogP contribution < -0.4 is 0 Å². The Balaban J connectivity index is 1.76. The van der Waals surface area contributed by atoms with Gasteiger partial charge in [-0.25, -0.2) is 0 Å². The fraction of sp³-hybridized carbons (Fsp3) is 0.286. The van der Waals surface area contributed by atoms with Crippen molar-refractivity contribution >= 4 is 40.6 Å². The second kappa shape index (κ2) is 9.17. The largest absolute Gasteiger partial charge is 0.461 e. The van der Waals surface area contributed by atoms with E-state index in [2.05, 4.69) is 0 Å². The molecule has 0 spiro atoms. The molecular weight excluding hydrogens is 424 g/mol. The molecule has 0 saturated carbocycles. The van der Waals surface area contributed by atoms with Gasteiger partial charge in [0.1, 0.15) is 18.1 Å². The van der Waals surface area contributed by atoms with E-state index < -0.39 is 28.6 Å². The van der Waals surface area contributed by atoms with Gasteiger partial charge in [-0.05, 0) is 44.2 Å². The van der Waals surface area contributed by atoms with Gasteiger partial charge in [0.2, 0.25) is 0 Å². The molecule has 2 heterocycles. The molecule has 162 valence electrons. The fourth-order valence-corrected chi connectivity index (χ4v) is 3.60. The average Bonchev–Trinajstić information content (AvgIpc) is 3.28. The number of nitro groups is 1. The molecule has 0 bridgehead atoms. The zero-order valence-electron chi connectivity index (χ0n) is 17.1. The van der Waals surface area contributed by atoms with Crippen molar-refractivity contribution in [3.05, 3.63) is 56.7 Å². The highest BCUT2D eigenvalue weighted by Gasteiger charge is 2.37. The first kappa shape index (κ1) is 22.3. The van der Waals surface area contributed by atoms with Crippen molar-refractivity contribution in [3.8, 4) is 11.3 Å². The van der Waals surface area contributed by atoms with Crippen LogP contribution in [0.15, 0.2) is 39.7 Å². The maximum absolute atomic E-state index is 12.5. The Hall–Kier alpha value is -3.40. The van der Waals surface area contributed by atoms with E-state index in [0.29, 0.717) is 40.8 Å². The van der Waals surface area contributed by atoms with Crippen LogP contribution in [0.1, 0.15) is 31.6 Å². The van der Waals surface area contributed by atoms with Crippen LogP contribution in [-0.2, 0) is 14.3 Å². The van der Waals surface area contributed by atoms with Gasteiger partial charge in [-0.3, -0.25) is 29.4 Å². The van der Waals surface area contributed by atoms with E-state index in [1.54, 1.807) is 38.1 Å². The van der Waals surface area contributed by atoms with Gasteiger partial charge in [0.15, 0.2) is 0 Å². The summed E-state index contributed by atoms with van der Waals surface area (Å²) in [5.41, 5.74) is 1.01. The molecule has 1 fully saturated rings. The van der Waals surface area contributed by atoms with Crippen molar-refractivity contribution in [2.75, 3.05) is 6.54 Å². The lowest BCUT2D eigenvalue weighted by Gasteiger charge is -2.14. The van der Waals surface area contributed by atoms with E-state index in [4.69, 9.17) is 9.15 Å². The van der Waals surface area contributed by atoms with Crippen LogP contribution in [0.4, 0.5) is 10.5 Å². The molecule has 1 aliphatic heterocycles. The molecule has 1 atom stereocenters. The Labute approximate surface area is 182 Å². The number of carbonyl (C=O) groups excluding carboxylic acids is 3. The summed E-state index contributed by atoms with van der Waals surface area (Å²) < 4.78 is 10.8. The molecule has 1 aromatic carbocycles. The normalized spacial score (nSPS) is 16.1. The number of thioether (sulfide) groups is 1. The zero-order valence-corrected chi connectivity index (χ0v) is 17.9. The van der Waals surface area contributed by atoms with Crippen LogP contribution in [-0.4, -0.2) is 39.6 Å². The van der Waals surface area contributed by atoms with E-state index in [1.807, 2.05) is 6.92 Å². The lowest BCUT2D eigenvalue weighted by molar-refractivity contribution is -0.385. The highest BCUT2D eigenvalue weighted by atomic mass is 32.2. The summed E-state index contributed by atoms with van der Waals surface area (Å²) >= 11 is 0.698. The Morgan fingerprint density at radius 3 is 2.74 bits per heavy atom. The van der Waals surface area contributed by atoms with Crippen molar-refractivity contribution in [2.24, 2.45) is 0 Å². The fourth-order valence-electron chi connectivity index (χ4n) is 2.78. The molecular formula is C21H20N2O7S. The number of esters is 1. The molecule has 2 amide bonds. The van der Waals surface area contributed by atoms with Crippen molar-refractivity contribution < 1.29 is 28.5 Å². The molecule has 31 heavy (non-hydrogen) atoms. The SMILES string of the molecule is CC[C@@H](C)OC(=O)CN1C(=O)S/C(=C/c2ccc(-c3ccc(C)c([N+](=O)[O-])c3)o2)C1=O. The van der Waals surface area contributed by atoms with Crippen LogP contribution in [0.3, 0.4) is 0 Å². The summed E-state index contributed by atoms with van der Waals surface area (Å²) in [6, 6.07) is 7.94. The molecule has 2 aromatic rings. The number of imide groups is 1. The van der Waals surface area contributed by atoms with Crippen LogP contribution in [0, 0.1) is 17.0 Å². The second-order valence-electron chi connectivity index (χ2n) is 6.94. The van der Waals surface area contributed by atoms with Gasteiger partial charge in [-0.15, -0.1) is 0 Å². The predicted octanol–water partition coefficient (Wildman–Crippen LogP) is 4.54. The number of amides is 2. The van der Waals surface area contributed by atoms with Crippen LogP contribution in [0.5, 0.6) is 0 Å². The number of aryl methyl sites for hydroxylation is 1. The van der Waals surface area contributed by atoms with Crippen LogP contribution in [0.25, 0.3) is 17.4 Å². The smallest absolute Gasteiger partial charge is 0.326 e. The number of rotatable bonds is 7. The highest BCUT2D eigenvalue weighted by Crippen LogP contribution is 2.34. The molecule has 0 N–H and O–H groups in total. The summed E-state index contributed by atoms with van der Waals surface area (Å²) in [6.07, 6.45) is 1.72. The number of benzene rings is 1. The Morgan fingerprint density at radius 2 is 2.06 bits per heavy atom. The Morgan fingerprint density at radius 1 is 1.32 bits per heavy atom. The summed E-state index contributed by atoms with van der Waals surface area (Å²) in [7, 11) is 0. The highest BCUT2D eigenvalue weighted by molar-refractivity contribution is 8.18. The molecule has 10 heteroatoms. The maximum Gasteiger partial charge on any atom is 0.326 e. The zero-order chi connectivity index (χ0) is 22.7. The van der Waals surface area contributed by atoms with E-state index in [0.717, 1.165) is 4.90 Å². The second-order valence-corrected chi connectivity index (χ2v) is 7.93. The molecule has 9 nitrogen and oxygen atoms in total. The number of ether oxygens (including phenoxy) is 1. The average molecular weight is 444 g/mol. The van der Waals surface area contributed by atoms with Gasteiger partial charge >= 0.3 is 5.97 Å². The van der Waals surface area contributed by atoms with E-state index in [9.17, 15) is 24.5 Å². The van der Waals surface area contributed by atoms with E-state index in [1.165, 1.54) is 12.1 Å². The standard InChI is InChI=1S/C21H20N2O7S/c1-4-13(3)29-19(24)11-22-20(25)18(31-21(22)26)10-15-7-8-17(30-15)14-6-5-12(2)16(9-14)23(27)28/h5-10,13H,4,11H2,1-3H3/b18-10+/t13-/m1/s1. The Bertz CT molecular complexity index is 1090. The predicted molar refractivity (Wildman–Crippen MR) is 114 cm³/mol. The van der Waals surface area contributed by atoms with Crippen molar-refractivity contribution in [2.45, 2.75) is 33.3 Å². The number of furan rings is 1.